The van der Waals surface area contributed by atoms with Crippen LogP contribution in [0.15, 0.2) is 42.6 Å². The third-order valence-electron chi connectivity index (χ3n) is 2.74. The van der Waals surface area contributed by atoms with E-state index in [1.807, 2.05) is 0 Å². The first-order chi connectivity index (χ1) is 10.6. The molecule has 0 radical (unpaired) electrons. The molecule has 1 aromatic carbocycles. The lowest BCUT2D eigenvalue weighted by Crippen LogP contribution is -2.26. The molecule has 1 heterocycles. The van der Waals surface area contributed by atoms with Gasteiger partial charge in [0.1, 0.15) is 24.3 Å². The first-order valence-electron chi connectivity index (χ1n) is 6.46. The molecule has 0 saturated carbocycles. The molecule has 0 aliphatic carbocycles. The summed E-state index contributed by atoms with van der Waals surface area (Å²) < 4.78 is 18.0. The number of rotatable bonds is 7. The van der Waals surface area contributed by atoms with Crippen molar-refractivity contribution in [1.82, 2.24) is 4.98 Å². The van der Waals surface area contributed by atoms with Crippen molar-refractivity contribution in [2.45, 2.75) is 6.10 Å². The van der Waals surface area contributed by atoms with Crippen LogP contribution in [0.4, 0.5) is 15.9 Å². The van der Waals surface area contributed by atoms with Gasteiger partial charge in [0.2, 0.25) is 5.82 Å². The van der Waals surface area contributed by atoms with Crippen LogP contribution in [0, 0.1) is 15.9 Å². The maximum atomic E-state index is 12.7. The topological polar surface area (TPSA) is 97.5 Å². The van der Waals surface area contributed by atoms with Crippen LogP contribution in [0.5, 0.6) is 5.75 Å². The van der Waals surface area contributed by atoms with Crippen LogP contribution in [0.25, 0.3) is 0 Å². The molecular formula is C14H14FN3O4. The normalized spacial score (nSPS) is 11.7. The van der Waals surface area contributed by atoms with E-state index in [9.17, 15) is 19.6 Å². The average molecular weight is 307 g/mol. The predicted octanol–water partition coefficient (Wildman–Crippen LogP) is 1.98. The number of aromatic nitrogens is 1. The van der Waals surface area contributed by atoms with Crippen molar-refractivity contribution in [3.05, 3.63) is 58.5 Å². The van der Waals surface area contributed by atoms with Crippen LogP contribution in [-0.4, -0.2) is 34.3 Å². The Hall–Kier alpha value is -2.74. The van der Waals surface area contributed by atoms with Gasteiger partial charge in [0, 0.05) is 18.8 Å². The molecule has 0 amide bonds. The number of halogens is 1. The Morgan fingerprint density at radius 1 is 1.36 bits per heavy atom. The maximum Gasteiger partial charge on any atom is 0.311 e. The van der Waals surface area contributed by atoms with Crippen LogP contribution in [0.2, 0.25) is 0 Å². The van der Waals surface area contributed by atoms with E-state index in [0.29, 0.717) is 5.75 Å². The number of pyridine rings is 1. The summed E-state index contributed by atoms with van der Waals surface area (Å²) in [5.41, 5.74) is -0.172. The number of benzene rings is 1. The van der Waals surface area contributed by atoms with Gasteiger partial charge in [-0.2, -0.15) is 0 Å². The Morgan fingerprint density at radius 3 is 2.77 bits per heavy atom. The molecule has 2 rings (SSSR count). The van der Waals surface area contributed by atoms with E-state index < -0.39 is 11.0 Å². The molecule has 0 spiro atoms. The monoisotopic (exact) mass is 307 g/mol. The van der Waals surface area contributed by atoms with Gasteiger partial charge >= 0.3 is 5.69 Å². The van der Waals surface area contributed by atoms with Crippen molar-refractivity contribution in [2.24, 2.45) is 0 Å². The second-order valence-corrected chi connectivity index (χ2v) is 4.43. The minimum atomic E-state index is -0.910. The van der Waals surface area contributed by atoms with Gasteiger partial charge in [-0.15, -0.1) is 0 Å². The van der Waals surface area contributed by atoms with Gasteiger partial charge in [0.15, 0.2) is 0 Å². The van der Waals surface area contributed by atoms with Gasteiger partial charge in [-0.1, -0.05) is 0 Å². The summed E-state index contributed by atoms with van der Waals surface area (Å²) in [5, 5.41) is 23.3. The van der Waals surface area contributed by atoms with Gasteiger partial charge in [-0.25, -0.2) is 9.37 Å². The molecule has 0 saturated heterocycles. The number of hydrogen-bond donors (Lipinski definition) is 2. The van der Waals surface area contributed by atoms with Gasteiger partial charge in [0.25, 0.3) is 0 Å². The lowest BCUT2D eigenvalue weighted by molar-refractivity contribution is -0.384. The molecule has 116 valence electrons. The summed E-state index contributed by atoms with van der Waals surface area (Å²) in [6.07, 6.45) is 0.503. The van der Waals surface area contributed by atoms with Crippen LogP contribution in [-0.2, 0) is 0 Å². The zero-order valence-electron chi connectivity index (χ0n) is 11.5. The predicted molar refractivity (Wildman–Crippen MR) is 77.3 cm³/mol. The Morgan fingerprint density at radius 2 is 2.09 bits per heavy atom. The van der Waals surface area contributed by atoms with E-state index in [4.69, 9.17) is 4.74 Å². The van der Waals surface area contributed by atoms with E-state index in [0.717, 1.165) is 0 Å². The molecule has 0 bridgehead atoms. The number of nitrogens with one attached hydrogen (secondary N) is 1. The van der Waals surface area contributed by atoms with Gasteiger partial charge in [-0.05, 0) is 30.3 Å². The van der Waals surface area contributed by atoms with Crippen molar-refractivity contribution >= 4 is 11.5 Å². The first kappa shape index (κ1) is 15.6. The number of ether oxygens (including phenoxy) is 1. The molecule has 1 atom stereocenters. The van der Waals surface area contributed by atoms with Crippen molar-refractivity contribution in [1.29, 1.82) is 0 Å². The summed E-state index contributed by atoms with van der Waals surface area (Å²) in [5.74, 6) is 0.120. The van der Waals surface area contributed by atoms with E-state index in [1.54, 1.807) is 0 Å². The van der Waals surface area contributed by atoms with E-state index in [-0.39, 0.29) is 30.5 Å². The lowest BCUT2D eigenvalue weighted by atomic mass is 10.3. The highest BCUT2D eigenvalue weighted by molar-refractivity contribution is 5.55. The first-order valence-corrected chi connectivity index (χ1v) is 6.46. The zero-order valence-corrected chi connectivity index (χ0v) is 11.5. The third kappa shape index (κ3) is 4.38. The molecule has 0 fully saturated rings. The Kier molecular flexibility index (Phi) is 5.21. The third-order valence-corrected chi connectivity index (χ3v) is 2.74. The highest BCUT2D eigenvalue weighted by atomic mass is 19.1. The molecule has 2 N–H and O–H groups in total. The molecule has 0 aliphatic heterocycles. The van der Waals surface area contributed by atoms with Crippen molar-refractivity contribution < 1.29 is 19.2 Å². The number of anilines is 1. The maximum absolute atomic E-state index is 12.7. The Bertz CT molecular complexity index is 636. The number of hydrogen-bond acceptors (Lipinski definition) is 6. The van der Waals surface area contributed by atoms with Crippen molar-refractivity contribution in [3.63, 3.8) is 0 Å². The molecule has 2 aromatic rings. The van der Waals surface area contributed by atoms with Crippen LogP contribution in [0.3, 0.4) is 0 Å². The Labute approximate surface area is 125 Å². The summed E-state index contributed by atoms with van der Waals surface area (Å²) >= 11 is 0. The number of nitrogens with zero attached hydrogens (tertiary/aromatic N) is 2. The van der Waals surface area contributed by atoms with Crippen LogP contribution >= 0.6 is 0 Å². The largest absolute Gasteiger partial charge is 0.491 e. The summed E-state index contributed by atoms with van der Waals surface area (Å²) in [7, 11) is 0. The van der Waals surface area contributed by atoms with Gasteiger partial charge < -0.3 is 15.2 Å². The standard InChI is InChI=1S/C14H14FN3O4/c15-10-3-5-12(6-4-10)22-9-11(19)8-17-14-13(18(20)21)2-1-7-16-14/h1-7,11,19H,8-9H2,(H,16,17). The fourth-order valence-electron chi connectivity index (χ4n) is 1.68. The number of aliphatic hydroxyl groups excluding tert-OH is 1. The van der Waals surface area contributed by atoms with Gasteiger partial charge in [-0.3, -0.25) is 10.1 Å². The fourth-order valence-corrected chi connectivity index (χ4v) is 1.68. The molecule has 7 nitrogen and oxygen atoms in total. The molecule has 1 unspecified atom stereocenters. The van der Waals surface area contributed by atoms with Crippen LogP contribution < -0.4 is 10.1 Å². The summed E-state index contributed by atoms with van der Waals surface area (Å²) in [6, 6.07) is 8.15. The minimum absolute atomic E-state index is 0.0268. The molecule has 8 heteroatoms. The quantitative estimate of drug-likeness (QED) is 0.599. The summed E-state index contributed by atoms with van der Waals surface area (Å²) in [4.78, 5) is 14.1. The van der Waals surface area contributed by atoms with Crippen LogP contribution in [0.1, 0.15) is 0 Å². The lowest BCUT2D eigenvalue weighted by Gasteiger charge is -2.13. The highest BCUT2D eigenvalue weighted by Gasteiger charge is 2.15. The molecule has 0 aliphatic rings. The smallest absolute Gasteiger partial charge is 0.311 e. The summed E-state index contributed by atoms with van der Waals surface area (Å²) in [6.45, 7) is -0.0156. The second-order valence-electron chi connectivity index (χ2n) is 4.43. The molecule has 22 heavy (non-hydrogen) atoms. The highest BCUT2D eigenvalue weighted by Crippen LogP contribution is 2.20. The SMILES string of the molecule is O=[N+]([O-])c1cccnc1NCC(O)COc1ccc(F)cc1. The van der Waals surface area contributed by atoms with Crippen molar-refractivity contribution in [2.75, 3.05) is 18.5 Å². The molecule has 1 aromatic heterocycles. The average Bonchev–Trinajstić information content (AvgIpc) is 2.52. The number of nitro groups is 1. The van der Waals surface area contributed by atoms with E-state index in [2.05, 4.69) is 10.3 Å². The number of aliphatic hydroxyl groups is 1. The second kappa shape index (κ2) is 7.32. The fraction of sp³-hybridized carbons (Fsp3) is 0.214. The van der Waals surface area contributed by atoms with Gasteiger partial charge in [0.05, 0.1) is 4.92 Å². The van der Waals surface area contributed by atoms with Crippen molar-refractivity contribution in [3.8, 4) is 5.75 Å². The Balaban J connectivity index is 1.84. The van der Waals surface area contributed by atoms with E-state index in [1.165, 1.54) is 42.6 Å². The minimum Gasteiger partial charge on any atom is -0.491 e. The zero-order chi connectivity index (χ0) is 15.9. The van der Waals surface area contributed by atoms with E-state index >= 15 is 0 Å². The molecular weight excluding hydrogens is 293 g/mol.